The largest absolute Gasteiger partial charge is 0.488 e. The van der Waals surface area contributed by atoms with Gasteiger partial charge < -0.3 is 14.0 Å². The molecule has 0 fully saturated rings. The smallest absolute Gasteiger partial charge is 0.342 e. The maximum Gasteiger partial charge on any atom is 0.342 e. The summed E-state index contributed by atoms with van der Waals surface area (Å²) in [6.07, 6.45) is -0.0364. The zero-order chi connectivity index (χ0) is 24.2. The summed E-state index contributed by atoms with van der Waals surface area (Å²) in [6.45, 7) is 5.20. The van der Waals surface area contributed by atoms with Crippen molar-refractivity contribution in [2.45, 2.75) is 33.5 Å². The minimum Gasteiger partial charge on any atom is -0.488 e. The third-order valence-corrected chi connectivity index (χ3v) is 5.39. The van der Waals surface area contributed by atoms with Gasteiger partial charge in [-0.25, -0.2) is 13.2 Å². The Labute approximate surface area is 191 Å². The van der Waals surface area contributed by atoms with Crippen molar-refractivity contribution in [1.29, 1.82) is 0 Å². The molecule has 0 radical (unpaired) electrons. The highest BCUT2D eigenvalue weighted by atomic mass is 32.2. The molecular weight excluding hydrogens is 448 g/mol. The Morgan fingerprint density at radius 1 is 1.09 bits per heavy atom. The number of rotatable bonds is 9. The van der Waals surface area contributed by atoms with E-state index in [0.29, 0.717) is 22.9 Å². The second-order valence-electron chi connectivity index (χ2n) is 7.45. The lowest BCUT2D eigenvalue weighted by Crippen LogP contribution is -2.24. The number of carbonyl (C=O) groups is 2. The Morgan fingerprint density at radius 2 is 1.76 bits per heavy atom. The Morgan fingerprint density at radius 3 is 2.36 bits per heavy atom. The summed E-state index contributed by atoms with van der Waals surface area (Å²) in [5, 5.41) is 3.88. The third kappa shape index (κ3) is 6.19. The summed E-state index contributed by atoms with van der Waals surface area (Å²) in [6, 6.07) is 12.4. The molecule has 9 nitrogen and oxygen atoms in total. The first kappa shape index (κ1) is 24.0. The number of aromatic nitrogens is 1. The maximum atomic E-state index is 12.8. The fourth-order valence-electron chi connectivity index (χ4n) is 3.05. The van der Waals surface area contributed by atoms with Crippen molar-refractivity contribution in [3.8, 4) is 5.75 Å². The van der Waals surface area contributed by atoms with Crippen molar-refractivity contribution in [1.82, 2.24) is 5.16 Å². The number of nitrogens with zero attached hydrogens (tertiary/aromatic N) is 1. The number of nitrogens with one attached hydrogen (secondary N) is 1. The molecule has 1 N–H and O–H groups in total. The van der Waals surface area contributed by atoms with Crippen molar-refractivity contribution in [2.75, 3.05) is 11.0 Å². The predicted octanol–water partition coefficient (Wildman–Crippen LogP) is 3.67. The fraction of sp³-hybridized carbons (Fsp3) is 0.261. The fourth-order valence-corrected chi connectivity index (χ4v) is 3.61. The molecule has 1 unspecified atom stereocenters. The minimum absolute atomic E-state index is 0.161. The Balaban J connectivity index is 1.67. The average molecular weight is 473 g/mol. The molecule has 1 atom stereocenters. The molecular formula is C23H24N2O7S. The molecule has 2 aromatic carbocycles. The zero-order valence-electron chi connectivity index (χ0n) is 18.6. The molecule has 0 saturated heterocycles. The van der Waals surface area contributed by atoms with E-state index >= 15 is 0 Å². The van der Waals surface area contributed by atoms with Crippen LogP contribution in [-0.4, -0.2) is 37.7 Å². The Kier molecular flexibility index (Phi) is 7.17. The van der Waals surface area contributed by atoms with E-state index in [0.717, 1.165) is 11.8 Å². The van der Waals surface area contributed by atoms with Gasteiger partial charge in [0, 0.05) is 11.3 Å². The van der Waals surface area contributed by atoms with Crippen molar-refractivity contribution >= 4 is 27.5 Å². The van der Waals surface area contributed by atoms with Crippen molar-refractivity contribution in [2.24, 2.45) is 0 Å². The lowest BCUT2D eigenvalue weighted by Gasteiger charge is -2.15. The van der Waals surface area contributed by atoms with E-state index in [1.54, 1.807) is 38.1 Å². The molecule has 0 amide bonds. The average Bonchev–Trinajstić information content (AvgIpc) is 3.08. The lowest BCUT2D eigenvalue weighted by atomic mass is 10.1. The van der Waals surface area contributed by atoms with Crippen LogP contribution in [0.1, 0.15) is 44.7 Å². The molecule has 33 heavy (non-hydrogen) atoms. The van der Waals surface area contributed by atoms with E-state index in [-0.39, 0.29) is 17.7 Å². The van der Waals surface area contributed by atoms with Crippen LogP contribution in [0.25, 0.3) is 0 Å². The topological polar surface area (TPSA) is 125 Å². The summed E-state index contributed by atoms with van der Waals surface area (Å²) >= 11 is 0. The van der Waals surface area contributed by atoms with Gasteiger partial charge in [-0.05, 0) is 57.2 Å². The SMILES string of the molecule is Cc1noc(C)c1COc1ccccc1C(=O)OC(C)C(=O)c1ccc(NS(C)(=O)=O)cc1. The van der Waals surface area contributed by atoms with Crippen molar-refractivity contribution < 1.29 is 32.0 Å². The highest BCUT2D eigenvalue weighted by Gasteiger charge is 2.23. The summed E-state index contributed by atoms with van der Waals surface area (Å²) in [5.41, 5.74) is 2.26. The molecule has 10 heteroatoms. The second-order valence-corrected chi connectivity index (χ2v) is 9.20. The highest BCUT2D eigenvalue weighted by Crippen LogP contribution is 2.23. The van der Waals surface area contributed by atoms with Gasteiger partial charge in [-0.1, -0.05) is 17.3 Å². The van der Waals surface area contributed by atoms with Crippen LogP contribution in [0.5, 0.6) is 5.75 Å². The first-order valence-corrected chi connectivity index (χ1v) is 11.9. The molecule has 3 rings (SSSR count). The summed E-state index contributed by atoms with van der Waals surface area (Å²) in [4.78, 5) is 25.4. The van der Waals surface area contributed by atoms with Crippen LogP contribution in [0.4, 0.5) is 5.69 Å². The van der Waals surface area contributed by atoms with Crippen LogP contribution >= 0.6 is 0 Å². The number of sulfonamides is 1. The molecule has 0 bridgehead atoms. The summed E-state index contributed by atoms with van der Waals surface area (Å²) in [5.74, 6) is -0.202. The number of anilines is 1. The quantitative estimate of drug-likeness (QED) is 0.369. The van der Waals surface area contributed by atoms with Crippen molar-refractivity contribution in [3.63, 3.8) is 0 Å². The first-order chi connectivity index (χ1) is 15.5. The Bertz CT molecular complexity index is 1240. The maximum absolute atomic E-state index is 12.8. The molecule has 0 aliphatic rings. The number of ketones is 1. The highest BCUT2D eigenvalue weighted by molar-refractivity contribution is 7.92. The number of aryl methyl sites for hydroxylation is 2. The predicted molar refractivity (Wildman–Crippen MR) is 121 cm³/mol. The molecule has 0 saturated carbocycles. The number of benzene rings is 2. The molecule has 0 aliphatic carbocycles. The van der Waals surface area contributed by atoms with E-state index in [1.165, 1.54) is 31.2 Å². The van der Waals surface area contributed by atoms with Gasteiger partial charge in [0.05, 0.1) is 17.5 Å². The number of ether oxygens (including phenoxy) is 2. The minimum atomic E-state index is -3.43. The number of Topliss-reactive ketones (excluding diaryl/α,β-unsaturated/α-hetero) is 1. The zero-order valence-corrected chi connectivity index (χ0v) is 19.4. The molecule has 3 aromatic rings. The summed E-state index contributed by atoms with van der Waals surface area (Å²) < 4.78 is 41.2. The van der Waals surface area contributed by atoms with Crippen molar-refractivity contribution in [3.05, 3.63) is 76.7 Å². The van der Waals surface area contributed by atoms with E-state index in [2.05, 4.69) is 9.88 Å². The number of esters is 1. The normalized spacial score (nSPS) is 12.1. The number of carbonyl (C=O) groups excluding carboxylic acids is 2. The monoisotopic (exact) mass is 472 g/mol. The van der Waals surface area contributed by atoms with Gasteiger partial charge in [-0.3, -0.25) is 9.52 Å². The first-order valence-electron chi connectivity index (χ1n) is 10.0. The van der Waals surface area contributed by atoms with Gasteiger partial charge in [-0.2, -0.15) is 0 Å². The van der Waals surface area contributed by atoms with E-state index < -0.39 is 27.9 Å². The van der Waals surface area contributed by atoms with E-state index in [9.17, 15) is 18.0 Å². The molecule has 0 aliphatic heterocycles. The molecule has 1 heterocycles. The van der Waals surface area contributed by atoms with Gasteiger partial charge in [-0.15, -0.1) is 0 Å². The lowest BCUT2D eigenvalue weighted by molar-refractivity contribution is 0.0314. The van der Waals surface area contributed by atoms with Gasteiger partial charge in [0.2, 0.25) is 15.8 Å². The number of hydrogen-bond acceptors (Lipinski definition) is 8. The Hall–Kier alpha value is -3.66. The van der Waals surface area contributed by atoms with Gasteiger partial charge in [0.25, 0.3) is 0 Å². The van der Waals surface area contributed by atoms with E-state index in [1.807, 2.05) is 0 Å². The van der Waals surface area contributed by atoms with Gasteiger partial charge >= 0.3 is 5.97 Å². The van der Waals surface area contributed by atoms with E-state index in [4.69, 9.17) is 14.0 Å². The van der Waals surface area contributed by atoms with Crippen LogP contribution in [0.3, 0.4) is 0 Å². The van der Waals surface area contributed by atoms with Crippen LogP contribution < -0.4 is 9.46 Å². The third-order valence-electron chi connectivity index (χ3n) is 4.79. The molecule has 174 valence electrons. The van der Waals surface area contributed by atoms with Crippen LogP contribution in [0.2, 0.25) is 0 Å². The molecule has 0 spiro atoms. The standard InChI is InChI=1S/C23H24N2O7S/c1-14-20(15(2)32-24-14)13-30-21-8-6-5-7-19(21)23(27)31-16(3)22(26)17-9-11-18(12-10-17)25-33(4,28)29/h5-12,16,25H,13H2,1-4H3. The number of para-hydroxylation sites is 1. The molecule has 1 aromatic heterocycles. The van der Waals surface area contributed by atoms with Crippen LogP contribution in [0.15, 0.2) is 53.1 Å². The van der Waals surface area contributed by atoms with Crippen LogP contribution in [-0.2, 0) is 21.4 Å². The number of hydrogen-bond donors (Lipinski definition) is 1. The van der Waals surface area contributed by atoms with Crippen LogP contribution in [0, 0.1) is 13.8 Å². The second kappa shape index (κ2) is 9.86. The van der Waals surface area contributed by atoms with Gasteiger partial charge in [0.1, 0.15) is 23.7 Å². The summed E-state index contributed by atoms with van der Waals surface area (Å²) in [7, 11) is -3.43. The van der Waals surface area contributed by atoms with Gasteiger partial charge in [0.15, 0.2) is 6.10 Å².